The van der Waals surface area contributed by atoms with Gasteiger partial charge in [0.2, 0.25) is 0 Å². The molecule has 3 rings (SSSR count). The summed E-state index contributed by atoms with van der Waals surface area (Å²) in [6, 6.07) is 15.9. The van der Waals surface area contributed by atoms with Crippen LogP contribution in [0.5, 0.6) is 0 Å². The predicted octanol–water partition coefficient (Wildman–Crippen LogP) is 4.08. The second-order valence-electron chi connectivity index (χ2n) is 4.99. The van der Waals surface area contributed by atoms with E-state index in [1.165, 1.54) is 5.39 Å². The van der Waals surface area contributed by atoms with Gasteiger partial charge in [-0.15, -0.1) is 0 Å². The fourth-order valence-electron chi connectivity index (χ4n) is 2.54. The van der Waals surface area contributed by atoms with Gasteiger partial charge in [0, 0.05) is 28.1 Å². The fraction of sp³-hybridized carbons (Fsp3) is 0.118. The molecule has 0 saturated carbocycles. The van der Waals surface area contributed by atoms with Crippen molar-refractivity contribution in [2.75, 3.05) is 0 Å². The molecule has 3 nitrogen and oxygen atoms in total. The van der Waals surface area contributed by atoms with E-state index in [0.717, 1.165) is 21.1 Å². The standard InChI is InChI=1S/C17H14BrNO2/c18-15-5-6-16-13(9-15)7-8-19(16)11-14-4-2-1-3-12(14)10-17(20)21/h1-9H,10-11H2,(H,20,21). The van der Waals surface area contributed by atoms with Gasteiger partial charge in [0.15, 0.2) is 0 Å². The minimum absolute atomic E-state index is 0.0565. The molecule has 0 bridgehead atoms. The molecular weight excluding hydrogens is 330 g/mol. The smallest absolute Gasteiger partial charge is 0.307 e. The third-order valence-electron chi connectivity index (χ3n) is 3.53. The van der Waals surface area contributed by atoms with Crippen LogP contribution in [0.25, 0.3) is 10.9 Å². The molecule has 0 aliphatic carbocycles. The van der Waals surface area contributed by atoms with Gasteiger partial charge in [0.25, 0.3) is 0 Å². The first-order valence-corrected chi connectivity index (χ1v) is 7.46. The van der Waals surface area contributed by atoms with Gasteiger partial charge in [-0.3, -0.25) is 4.79 Å². The summed E-state index contributed by atoms with van der Waals surface area (Å²) in [5, 5.41) is 10.2. The van der Waals surface area contributed by atoms with Crippen LogP contribution in [0.15, 0.2) is 59.2 Å². The maximum Gasteiger partial charge on any atom is 0.307 e. The fourth-order valence-corrected chi connectivity index (χ4v) is 2.92. The van der Waals surface area contributed by atoms with Gasteiger partial charge in [0.1, 0.15) is 0 Å². The number of carbonyl (C=O) groups is 1. The molecule has 0 amide bonds. The van der Waals surface area contributed by atoms with Crippen molar-refractivity contribution in [3.05, 3.63) is 70.3 Å². The molecule has 0 saturated heterocycles. The molecule has 0 unspecified atom stereocenters. The number of hydrogen-bond acceptors (Lipinski definition) is 1. The van der Waals surface area contributed by atoms with Crippen LogP contribution in [0.2, 0.25) is 0 Å². The number of fused-ring (bicyclic) bond motifs is 1. The third-order valence-corrected chi connectivity index (χ3v) is 4.03. The van der Waals surface area contributed by atoms with Crippen LogP contribution < -0.4 is 0 Å². The first-order valence-electron chi connectivity index (χ1n) is 6.66. The Morgan fingerprint density at radius 3 is 2.62 bits per heavy atom. The number of aliphatic carboxylic acids is 1. The molecule has 4 heteroatoms. The van der Waals surface area contributed by atoms with Gasteiger partial charge in [-0.1, -0.05) is 40.2 Å². The molecule has 21 heavy (non-hydrogen) atoms. The Morgan fingerprint density at radius 2 is 1.86 bits per heavy atom. The number of carboxylic acids is 1. The van der Waals surface area contributed by atoms with Crippen molar-refractivity contribution in [2.24, 2.45) is 0 Å². The van der Waals surface area contributed by atoms with Crippen LogP contribution >= 0.6 is 15.9 Å². The zero-order valence-corrected chi connectivity index (χ0v) is 12.9. The Kier molecular flexibility index (Phi) is 3.80. The number of rotatable bonds is 4. The van der Waals surface area contributed by atoms with Crippen molar-refractivity contribution in [1.29, 1.82) is 0 Å². The quantitative estimate of drug-likeness (QED) is 0.775. The van der Waals surface area contributed by atoms with E-state index in [9.17, 15) is 4.79 Å². The number of benzene rings is 2. The minimum atomic E-state index is -0.802. The molecule has 1 aromatic heterocycles. The molecule has 3 aromatic rings. The number of halogens is 1. The Balaban J connectivity index is 1.97. The molecular formula is C17H14BrNO2. The summed E-state index contributed by atoms with van der Waals surface area (Å²) in [5.41, 5.74) is 3.05. The van der Waals surface area contributed by atoms with E-state index in [0.29, 0.717) is 6.54 Å². The highest BCUT2D eigenvalue weighted by molar-refractivity contribution is 9.10. The highest BCUT2D eigenvalue weighted by Crippen LogP contribution is 2.22. The Bertz CT molecular complexity index is 807. The summed E-state index contributed by atoms with van der Waals surface area (Å²) < 4.78 is 3.20. The van der Waals surface area contributed by atoms with Crippen LogP contribution in [-0.4, -0.2) is 15.6 Å². The summed E-state index contributed by atoms with van der Waals surface area (Å²) in [5.74, 6) is -0.802. The van der Waals surface area contributed by atoms with E-state index in [-0.39, 0.29) is 6.42 Å². The monoisotopic (exact) mass is 343 g/mol. The topological polar surface area (TPSA) is 42.2 Å². The van der Waals surface area contributed by atoms with E-state index in [1.807, 2.05) is 36.5 Å². The van der Waals surface area contributed by atoms with Crippen molar-refractivity contribution >= 4 is 32.8 Å². The molecule has 0 aliphatic rings. The molecule has 106 valence electrons. The van der Waals surface area contributed by atoms with Crippen molar-refractivity contribution in [3.8, 4) is 0 Å². The number of hydrogen-bond donors (Lipinski definition) is 1. The molecule has 0 aliphatic heterocycles. The lowest BCUT2D eigenvalue weighted by Crippen LogP contribution is -2.06. The van der Waals surface area contributed by atoms with E-state index >= 15 is 0 Å². The average molecular weight is 344 g/mol. The number of carboxylic acid groups (broad SMARTS) is 1. The van der Waals surface area contributed by atoms with Crippen LogP contribution in [0.4, 0.5) is 0 Å². The summed E-state index contributed by atoms with van der Waals surface area (Å²) in [4.78, 5) is 11.0. The van der Waals surface area contributed by atoms with Crippen molar-refractivity contribution in [1.82, 2.24) is 4.57 Å². The van der Waals surface area contributed by atoms with Gasteiger partial charge in [-0.25, -0.2) is 0 Å². The van der Waals surface area contributed by atoms with Crippen LogP contribution in [0.3, 0.4) is 0 Å². The van der Waals surface area contributed by atoms with Crippen molar-refractivity contribution in [2.45, 2.75) is 13.0 Å². The predicted molar refractivity (Wildman–Crippen MR) is 86.5 cm³/mol. The molecule has 0 atom stereocenters. The van der Waals surface area contributed by atoms with Gasteiger partial charge < -0.3 is 9.67 Å². The van der Waals surface area contributed by atoms with E-state index in [2.05, 4.69) is 38.7 Å². The van der Waals surface area contributed by atoms with Crippen LogP contribution in [0, 0.1) is 0 Å². The van der Waals surface area contributed by atoms with Gasteiger partial charge in [-0.2, -0.15) is 0 Å². The molecule has 2 aromatic carbocycles. The van der Waals surface area contributed by atoms with E-state index in [1.54, 1.807) is 0 Å². The second kappa shape index (κ2) is 5.74. The second-order valence-corrected chi connectivity index (χ2v) is 5.90. The lowest BCUT2D eigenvalue weighted by Gasteiger charge is -2.10. The normalized spacial score (nSPS) is 10.9. The first-order chi connectivity index (χ1) is 10.1. The number of aromatic nitrogens is 1. The SMILES string of the molecule is O=C(O)Cc1ccccc1Cn1ccc2cc(Br)ccc21. The molecule has 1 heterocycles. The Labute approximate surface area is 131 Å². The lowest BCUT2D eigenvalue weighted by atomic mass is 10.0. The summed E-state index contributed by atoms with van der Waals surface area (Å²) in [7, 11) is 0. The van der Waals surface area contributed by atoms with Crippen molar-refractivity contribution < 1.29 is 9.90 Å². The summed E-state index contributed by atoms with van der Waals surface area (Å²) in [6.07, 6.45) is 2.09. The molecule has 0 radical (unpaired) electrons. The van der Waals surface area contributed by atoms with Gasteiger partial charge >= 0.3 is 5.97 Å². The highest BCUT2D eigenvalue weighted by atomic mass is 79.9. The molecule has 0 fully saturated rings. The lowest BCUT2D eigenvalue weighted by molar-refractivity contribution is -0.136. The number of nitrogens with zero attached hydrogens (tertiary/aromatic N) is 1. The Hall–Kier alpha value is -2.07. The van der Waals surface area contributed by atoms with Gasteiger partial charge in [-0.05, 0) is 35.4 Å². The summed E-state index contributed by atoms with van der Waals surface area (Å²) in [6.45, 7) is 0.675. The van der Waals surface area contributed by atoms with Crippen LogP contribution in [0.1, 0.15) is 11.1 Å². The zero-order chi connectivity index (χ0) is 14.8. The largest absolute Gasteiger partial charge is 0.481 e. The van der Waals surface area contributed by atoms with Crippen LogP contribution in [-0.2, 0) is 17.8 Å². The average Bonchev–Trinajstić information content (AvgIpc) is 2.83. The van der Waals surface area contributed by atoms with E-state index in [4.69, 9.17) is 5.11 Å². The maximum atomic E-state index is 11.0. The highest BCUT2D eigenvalue weighted by Gasteiger charge is 2.08. The molecule has 1 N–H and O–H groups in total. The third kappa shape index (κ3) is 3.00. The Morgan fingerprint density at radius 1 is 1.10 bits per heavy atom. The van der Waals surface area contributed by atoms with Gasteiger partial charge in [0.05, 0.1) is 6.42 Å². The van der Waals surface area contributed by atoms with E-state index < -0.39 is 5.97 Å². The zero-order valence-electron chi connectivity index (χ0n) is 11.3. The minimum Gasteiger partial charge on any atom is -0.481 e. The maximum absolute atomic E-state index is 11.0. The summed E-state index contributed by atoms with van der Waals surface area (Å²) >= 11 is 3.47. The first kappa shape index (κ1) is 13.9. The molecule has 0 spiro atoms. The van der Waals surface area contributed by atoms with Crippen molar-refractivity contribution in [3.63, 3.8) is 0 Å².